The number of hydrogen-bond donors (Lipinski definition) is 2. The number of aromatic nitrogens is 2. The molecule has 0 radical (unpaired) electrons. The minimum atomic E-state index is -0.200. The van der Waals surface area contributed by atoms with Gasteiger partial charge in [0.05, 0.1) is 6.04 Å². The summed E-state index contributed by atoms with van der Waals surface area (Å²) in [6, 6.07) is 0.744. The summed E-state index contributed by atoms with van der Waals surface area (Å²) in [5, 5.41) is 11.0. The molecule has 5 nitrogen and oxygen atoms in total. The molecule has 1 fully saturated rings. The molecule has 2 heterocycles. The van der Waals surface area contributed by atoms with Crippen LogP contribution >= 0.6 is 11.8 Å². The van der Waals surface area contributed by atoms with Crippen LogP contribution in [0.15, 0.2) is 4.42 Å². The molecular formula is C9H16N4OS. The van der Waals surface area contributed by atoms with E-state index in [1.807, 2.05) is 18.7 Å². The van der Waals surface area contributed by atoms with Crippen LogP contribution in [-0.2, 0) is 0 Å². The number of nitrogens with one attached hydrogen (secondary N) is 1. The average molecular weight is 228 g/mol. The van der Waals surface area contributed by atoms with Gasteiger partial charge in [0.2, 0.25) is 5.89 Å². The Labute approximate surface area is 93.2 Å². The Balaban J connectivity index is 1.91. The Kier molecular flexibility index (Phi) is 3.48. The van der Waals surface area contributed by atoms with Crippen molar-refractivity contribution >= 4 is 17.8 Å². The zero-order valence-corrected chi connectivity index (χ0v) is 9.59. The molecule has 0 saturated carbocycles. The Morgan fingerprint density at radius 1 is 1.60 bits per heavy atom. The second-order valence-electron chi connectivity index (χ2n) is 3.79. The number of hydrogen-bond acceptors (Lipinski definition) is 6. The van der Waals surface area contributed by atoms with Gasteiger partial charge in [-0.15, -0.1) is 5.10 Å². The molecule has 3 N–H and O–H groups in total. The highest BCUT2D eigenvalue weighted by Crippen LogP contribution is 2.20. The van der Waals surface area contributed by atoms with Crippen molar-refractivity contribution in [3.8, 4) is 0 Å². The summed E-state index contributed by atoms with van der Waals surface area (Å²) in [5.74, 6) is 2.85. The predicted molar refractivity (Wildman–Crippen MR) is 60.9 cm³/mol. The fourth-order valence-electron chi connectivity index (χ4n) is 1.51. The first kappa shape index (κ1) is 10.8. The monoisotopic (exact) mass is 228 g/mol. The Hall–Kier alpha value is -0.750. The van der Waals surface area contributed by atoms with E-state index in [1.165, 1.54) is 18.6 Å². The topological polar surface area (TPSA) is 77.0 Å². The van der Waals surface area contributed by atoms with Crippen molar-refractivity contribution in [2.75, 3.05) is 16.8 Å². The molecule has 2 unspecified atom stereocenters. The van der Waals surface area contributed by atoms with Crippen molar-refractivity contribution in [2.24, 2.45) is 5.73 Å². The first-order valence-corrected chi connectivity index (χ1v) is 6.34. The molecule has 1 aliphatic rings. The predicted octanol–water partition coefficient (Wildman–Crippen LogP) is 1.40. The Morgan fingerprint density at radius 3 is 3.07 bits per heavy atom. The molecule has 2 atom stereocenters. The molecule has 0 amide bonds. The second-order valence-corrected chi connectivity index (χ2v) is 4.94. The molecule has 1 aromatic heterocycles. The number of nitrogens with two attached hydrogens (primary N) is 1. The van der Waals surface area contributed by atoms with Crippen LogP contribution in [0.2, 0.25) is 0 Å². The van der Waals surface area contributed by atoms with Crippen LogP contribution in [0.25, 0.3) is 0 Å². The molecule has 0 bridgehead atoms. The van der Waals surface area contributed by atoms with E-state index in [-0.39, 0.29) is 6.04 Å². The highest BCUT2D eigenvalue weighted by Gasteiger charge is 2.17. The maximum Gasteiger partial charge on any atom is 0.315 e. The van der Waals surface area contributed by atoms with Crippen LogP contribution in [0.5, 0.6) is 0 Å². The van der Waals surface area contributed by atoms with E-state index in [9.17, 15) is 0 Å². The van der Waals surface area contributed by atoms with Crippen LogP contribution in [0, 0.1) is 0 Å². The molecule has 1 saturated heterocycles. The average Bonchev–Trinajstić information content (AvgIpc) is 2.68. The number of anilines is 1. The fourth-order valence-corrected chi connectivity index (χ4v) is 2.58. The molecule has 15 heavy (non-hydrogen) atoms. The van der Waals surface area contributed by atoms with Gasteiger partial charge in [0.15, 0.2) is 0 Å². The van der Waals surface area contributed by atoms with E-state index >= 15 is 0 Å². The van der Waals surface area contributed by atoms with E-state index in [4.69, 9.17) is 10.2 Å². The summed E-state index contributed by atoms with van der Waals surface area (Å²) in [4.78, 5) is 0. The van der Waals surface area contributed by atoms with Gasteiger partial charge in [0, 0.05) is 11.8 Å². The third-order valence-electron chi connectivity index (χ3n) is 2.32. The van der Waals surface area contributed by atoms with Gasteiger partial charge in [-0.3, -0.25) is 0 Å². The normalized spacial score (nSPS) is 23.7. The third kappa shape index (κ3) is 2.85. The van der Waals surface area contributed by atoms with Crippen molar-refractivity contribution in [2.45, 2.75) is 31.8 Å². The lowest BCUT2D eigenvalue weighted by Gasteiger charge is -2.20. The van der Waals surface area contributed by atoms with Crippen molar-refractivity contribution in [1.82, 2.24) is 10.2 Å². The van der Waals surface area contributed by atoms with Gasteiger partial charge >= 0.3 is 6.01 Å². The molecule has 0 spiro atoms. The maximum absolute atomic E-state index is 5.63. The van der Waals surface area contributed by atoms with Gasteiger partial charge in [-0.25, -0.2) is 0 Å². The van der Waals surface area contributed by atoms with Crippen LogP contribution < -0.4 is 11.1 Å². The first-order valence-electron chi connectivity index (χ1n) is 5.19. The van der Waals surface area contributed by atoms with Gasteiger partial charge in [-0.2, -0.15) is 11.8 Å². The molecule has 2 rings (SSSR count). The quantitative estimate of drug-likeness (QED) is 0.814. The number of thioether (sulfide) groups is 1. The van der Waals surface area contributed by atoms with E-state index < -0.39 is 0 Å². The first-order chi connectivity index (χ1) is 7.25. The zero-order valence-electron chi connectivity index (χ0n) is 8.77. The van der Waals surface area contributed by atoms with Gasteiger partial charge in [0.25, 0.3) is 0 Å². The lowest BCUT2D eigenvalue weighted by Crippen LogP contribution is -2.25. The van der Waals surface area contributed by atoms with Crippen LogP contribution in [0.1, 0.15) is 31.7 Å². The molecule has 0 aliphatic carbocycles. The third-order valence-corrected chi connectivity index (χ3v) is 3.53. The van der Waals surface area contributed by atoms with Gasteiger partial charge < -0.3 is 15.5 Å². The summed E-state index contributed by atoms with van der Waals surface area (Å²) in [5.41, 5.74) is 5.63. The van der Waals surface area contributed by atoms with E-state index in [2.05, 4.69) is 15.5 Å². The minimum absolute atomic E-state index is 0.200. The van der Waals surface area contributed by atoms with Crippen LogP contribution in [-0.4, -0.2) is 27.7 Å². The highest BCUT2D eigenvalue weighted by molar-refractivity contribution is 7.99. The molecule has 6 heteroatoms. The minimum Gasteiger partial charge on any atom is -0.406 e. The smallest absolute Gasteiger partial charge is 0.315 e. The van der Waals surface area contributed by atoms with E-state index in [1.54, 1.807) is 0 Å². The summed E-state index contributed by atoms with van der Waals surface area (Å²) in [6.45, 7) is 1.83. The second kappa shape index (κ2) is 4.85. The van der Waals surface area contributed by atoms with E-state index in [0.717, 1.165) is 5.75 Å². The molecule has 1 aromatic rings. The Morgan fingerprint density at radius 2 is 2.47 bits per heavy atom. The summed E-state index contributed by atoms with van der Waals surface area (Å²) >= 11 is 1.96. The number of nitrogens with zero attached hydrogens (tertiary/aromatic N) is 2. The van der Waals surface area contributed by atoms with E-state index in [0.29, 0.717) is 17.9 Å². The Bertz CT molecular complexity index is 309. The lowest BCUT2D eigenvalue weighted by molar-refractivity contribution is 0.467. The summed E-state index contributed by atoms with van der Waals surface area (Å²) in [6.07, 6.45) is 2.42. The highest BCUT2D eigenvalue weighted by atomic mass is 32.2. The van der Waals surface area contributed by atoms with Crippen LogP contribution in [0.4, 0.5) is 6.01 Å². The van der Waals surface area contributed by atoms with Gasteiger partial charge in [0.1, 0.15) is 0 Å². The standard InChI is InChI=1S/C9H16N4OS/c1-6(10)8-12-13-9(14-8)11-7-3-2-4-15-5-7/h6-7H,2-5,10H2,1H3,(H,11,13). The van der Waals surface area contributed by atoms with Gasteiger partial charge in [-0.1, -0.05) is 5.10 Å². The van der Waals surface area contributed by atoms with Crippen molar-refractivity contribution in [3.63, 3.8) is 0 Å². The summed E-state index contributed by atoms with van der Waals surface area (Å²) in [7, 11) is 0. The molecule has 84 valence electrons. The lowest BCUT2D eigenvalue weighted by atomic mass is 10.2. The maximum atomic E-state index is 5.63. The number of rotatable bonds is 3. The van der Waals surface area contributed by atoms with Crippen molar-refractivity contribution in [1.29, 1.82) is 0 Å². The summed E-state index contributed by atoms with van der Waals surface area (Å²) < 4.78 is 5.38. The molecular weight excluding hydrogens is 212 g/mol. The van der Waals surface area contributed by atoms with Crippen molar-refractivity contribution < 1.29 is 4.42 Å². The van der Waals surface area contributed by atoms with Crippen LogP contribution in [0.3, 0.4) is 0 Å². The SMILES string of the molecule is CC(N)c1nnc(NC2CCCSC2)o1. The molecule has 0 aromatic carbocycles. The zero-order chi connectivity index (χ0) is 10.7. The molecule has 1 aliphatic heterocycles. The van der Waals surface area contributed by atoms with Gasteiger partial charge in [-0.05, 0) is 25.5 Å². The fraction of sp³-hybridized carbons (Fsp3) is 0.778. The largest absolute Gasteiger partial charge is 0.406 e. The van der Waals surface area contributed by atoms with Crippen molar-refractivity contribution in [3.05, 3.63) is 5.89 Å².